The molecule has 8 heteroatoms. The van der Waals surface area contributed by atoms with Crippen LogP contribution >= 0.6 is 20.0 Å². The number of carbonyl (C=O) groups is 1. The summed E-state index contributed by atoms with van der Waals surface area (Å²) < 4.78 is 10.6. The summed E-state index contributed by atoms with van der Waals surface area (Å²) in [5, 5.41) is 11.5. The Hall–Kier alpha value is -0.130. The van der Waals surface area contributed by atoms with Crippen molar-refractivity contribution in [3.63, 3.8) is 0 Å². The Bertz CT molecular complexity index is 274. The van der Waals surface area contributed by atoms with Crippen LogP contribution in [0.4, 0.5) is 0 Å². The maximum absolute atomic E-state index is 10.6. The van der Waals surface area contributed by atoms with Crippen molar-refractivity contribution in [1.82, 2.24) is 5.32 Å². The van der Waals surface area contributed by atoms with Gasteiger partial charge in [-0.2, -0.15) is 0 Å². The summed E-state index contributed by atoms with van der Waals surface area (Å²) in [5.74, 6) is -0.684. The van der Waals surface area contributed by atoms with Crippen LogP contribution in [0.1, 0.15) is 19.3 Å². The average Bonchev–Trinajstić information content (AvgIpc) is 2.14. The number of nitrogens with one attached hydrogen (secondary N) is 1. The summed E-state index contributed by atoms with van der Waals surface area (Å²) in [6, 6.07) is -0.503. The molecule has 1 aliphatic rings. The van der Waals surface area contributed by atoms with Gasteiger partial charge in [0.25, 0.3) is 0 Å². The summed E-state index contributed by atoms with van der Waals surface area (Å²) in [7, 11) is -3.91. The summed E-state index contributed by atoms with van der Waals surface area (Å²) in [4.78, 5) is 28.0. The monoisotopic (exact) mass is 273 g/mol. The van der Waals surface area contributed by atoms with Crippen molar-refractivity contribution < 1.29 is 24.3 Å². The third-order valence-electron chi connectivity index (χ3n) is 2.64. The number of aliphatic carboxylic acids is 1. The number of halogens is 1. The minimum atomic E-state index is -3.91. The highest BCUT2D eigenvalue weighted by molar-refractivity contribution is 7.51. The van der Waals surface area contributed by atoms with Crippen LogP contribution in [0.5, 0.6) is 0 Å². The molecular weight excluding hydrogens is 257 g/mol. The fraction of sp³-hybridized carbons (Fsp3) is 0.875. The zero-order chi connectivity index (χ0) is 11.5. The van der Waals surface area contributed by atoms with Gasteiger partial charge in [0.05, 0.1) is 6.16 Å². The minimum absolute atomic E-state index is 0. The van der Waals surface area contributed by atoms with Crippen LogP contribution in [0.25, 0.3) is 0 Å². The maximum atomic E-state index is 10.6. The van der Waals surface area contributed by atoms with Crippen molar-refractivity contribution in [2.24, 2.45) is 5.92 Å². The van der Waals surface area contributed by atoms with Crippen LogP contribution < -0.4 is 5.32 Å². The van der Waals surface area contributed by atoms with Crippen LogP contribution in [0.2, 0.25) is 0 Å². The van der Waals surface area contributed by atoms with Crippen LogP contribution in [-0.4, -0.2) is 39.6 Å². The molecule has 1 saturated heterocycles. The summed E-state index contributed by atoms with van der Waals surface area (Å²) >= 11 is 0. The van der Waals surface area contributed by atoms with Gasteiger partial charge in [-0.05, 0) is 31.7 Å². The molecule has 1 aliphatic heterocycles. The molecule has 0 aromatic carbocycles. The van der Waals surface area contributed by atoms with E-state index in [2.05, 4.69) is 5.32 Å². The van der Waals surface area contributed by atoms with Crippen LogP contribution in [0, 0.1) is 5.92 Å². The first-order chi connectivity index (χ1) is 6.88. The first-order valence-electron chi connectivity index (χ1n) is 4.89. The molecular formula is C8H17ClNO5P. The van der Waals surface area contributed by atoms with Gasteiger partial charge in [-0.25, -0.2) is 0 Å². The van der Waals surface area contributed by atoms with Gasteiger partial charge in [0.15, 0.2) is 0 Å². The van der Waals surface area contributed by atoms with E-state index in [4.69, 9.17) is 14.9 Å². The van der Waals surface area contributed by atoms with E-state index in [1.54, 1.807) is 0 Å². The molecule has 4 N–H and O–H groups in total. The fourth-order valence-electron chi connectivity index (χ4n) is 1.72. The third kappa shape index (κ3) is 5.82. The molecule has 6 nitrogen and oxygen atoms in total. The van der Waals surface area contributed by atoms with Gasteiger partial charge in [-0.1, -0.05) is 0 Å². The number of hydrogen-bond acceptors (Lipinski definition) is 3. The topological polar surface area (TPSA) is 107 Å². The van der Waals surface area contributed by atoms with Gasteiger partial charge in [-0.15, -0.1) is 12.4 Å². The molecule has 0 aliphatic carbocycles. The lowest BCUT2D eigenvalue weighted by molar-refractivity contribution is -0.140. The van der Waals surface area contributed by atoms with E-state index < -0.39 is 19.6 Å². The second-order valence-electron chi connectivity index (χ2n) is 3.92. The summed E-state index contributed by atoms with van der Waals surface area (Å²) in [6.07, 6.45) is 1.58. The minimum Gasteiger partial charge on any atom is -0.480 e. The van der Waals surface area contributed by atoms with E-state index in [0.29, 0.717) is 25.8 Å². The zero-order valence-corrected chi connectivity index (χ0v) is 10.4. The molecule has 0 aromatic heterocycles. The lowest BCUT2D eigenvalue weighted by atomic mass is 9.93. The molecule has 2 atom stereocenters. The summed E-state index contributed by atoms with van der Waals surface area (Å²) in [5.41, 5.74) is 0. The Morgan fingerprint density at radius 1 is 1.38 bits per heavy atom. The molecule has 0 amide bonds. The van der Waals surface area contributed by atoms with Crippen LogP contribution in [0.15, 0.2) is 0 Å². The second-order valence-corrected chi connectivity index (χ2v) is 5.70. The molecule has 1 fully saturated rings. The second kappa shape index (κ2) is 6.57. The van der Waals surface area contributed by atoms with Crippen molar-refractivity contribution in [2.45, 2.75) is 25.3 Å². The van der Waals surface area contributed by atoms with Crippen molar-refractivity contribution in [3.8, 4) is 0 Å². The van der Waals surface area contributed by atoms with Crippen molar-refractivity contribution >= 4 is 26.0 Å². The summed E-state index contributed by atoms with van der Waals surface area (Å²) in [6.45, 7) is 0.525. The number of carboxylic acid groups (broad SMARTS) is 1. The first-order valence-corrected chi connectivity index (χ1v) is 6.69. The highest BCUT2D eigenvalue weighted by Gasteiger charge is 2.26. The molecule has 96 valence electrons. The molecule has 0 bridgehead atoms. The number of rotatable bonds is 4. The molecule has 0 unspecified atom stereocenters. The largest absolute Gasteiger partial charge is 0.480 e. The highest BCUT2D eigenvalue weighted by Crippen LogP contribution is 2.37. The van der Waals surface area contributed by atoms with Crippen LogP contribution in [0.3, 0.4) is 0 Å². The molecule has 0 aromatic rings. The van der Waals surface area contributed by atoms with E-state index in [1.807, 2.05) is 0 Å². The number of hydrogen-bond donors (Lipinski definition) is 4. The normalized spacial score (nSPS) is 25.9. The Labute approximate surface area is 100.0 Å². The molecule has 16 heavy (non-hydrogen) atoms. The standard InChI is InChI=1S/C8H16NO5P.ClH/c10-8(11)7-2-1-6(5-9-7)3-4-15(12,13)14;/h6-7,9H,1-5H2,(H,10,11)(H2,12,13,14);1H/t6-,7+;/m1./s1. The highest BCUT2D eigenvalue weighted by atomic mass is 35.5. The first kappa shape index (κ1) is 15.9. The molecule has 1 rings (SSSR count). The van der Waals surface area contributed by atoms with E-state index in [-0.39, 0.29) is 24.5 Å². The Morgan fingerprint density at radius 3 is 2.38 bits per heavy atom. The van der Waals surface area contributed by atoms with Gasteiger partial charge in [0.1, 0.15) is 6.04 Å². The number of carboxylic acids is 1. The maximum Gasteiger partial charge on any atom is 0.325 e. The lowest BCUT2D eigenvalue weighted by Crippen LogP contribution is -2.44. The molecule has 1 heterocycles. The van der Waals surface area contributed by atoms with Gasteiger partial charge in [0.2, 0.25) is 0 Å². The molecule has 0 spiro atoms. The Morgan fingerprint density at radius 2 is 2.00 bits per heavy atom. The molecule has 0 saturated carbocycles. The van der Waals surface area contributed by atoms with Crippen molar-refractivity contribution in [1.29, 1.82) is 0 Å². The average molecular weight is 274 g/mol. The van der Waals surface area contributed by atoms with Gasteiger partial charge in [-0.3, -0.25) is 9.36 Å². The zero-order valence-electron chi connectivity index (χ0n) is 8.70. The van der Waals surface area contributed by atoms with Crippen molar-refractivity contribution in [2.75, 3.05) is 12.7 Å². The van der Waals surface area contributed by atoms with E-state index >= 15 is 0 Å². The third-order valence-corrected chi connectivity index (χ3v) is 3.48. The van der Waals surface area contributed by atoms with E-state index in [9.17, 15) is 9.36 Å². The van der Waals surface area contributed by atoms with Gasteiger partial charge >= 0.3 is 13.6 Å². The van der Waals surface area contributed by atoms with Gasteiger partial charge < -0.3 is 20.2 Å². The Balaban J connectivity index is 0.00000225. The van der Waals surface area contributed by atoms with Crippen molar-refractivity contribution in [3.05, 3.63) is 0 Å². The van der Waals surface area contributed by atoms with Gasteiger partial charge in [0, 0.05) is 0 Å². The van der Waals surface area contributed by atoms with E-state index in [1.165, 1.54) is 0 Å². The quantitative estimate of drug-likeness (QED) is 0.553. The Kier molecular flexibility index (Phi) is 6.51. The number of piperidine rings is 1. The lowest BCUT2D eigenvalue weighted by Gasteiger charge is -2.27. The smallest absolute Gasteiger partial charge is 0.325 e. The van der Waals surface area contributed by atoms with Crippen LogP contribution in [-0.2, 0) is 9.36 Å². The predicted molar refractivity (Wildman–Crippen MR) is 60.9 cm³/mol. The predicted octanol–water partition coefficient (Wildman–Crippen LogP) is 0.429. The fourth-order valence-corrected chi connectivity index (χ4v) is 2.42. The van der Waals surface area contributed by atoms with E-state index in [0.717, 1.165) is 0 Å². The molecule has 0 radical (unpaired) electrons. The SMILES string of the molecule is Cl.O=C(O)[C@@H]1CC[C@H](CCP(=O)(O)O)CN1.